The van der Waals surface area contributed by atoms with Gasteiger partial charge in [-0.3, -0.25) is 9.36 Å². The Kier molecular flexibility index (Phi) is 4.09. The molecule has 0 spiro atoms. The zero-order chi connectivity index (χ0) is 15.9. The van der Waals surface area contributed by atoms with Gasteiger partial charge in [-0.15, -0.1) is 0 Å². The molecule has 1 aromatic rings. The molecule has 2 heterocycles. The maximum absolute atomic E-state index is 12.7. The van der Waals surface area contributed by atoms with Crippen LogP contribution in [0, 0.1) is 0 Å². The van der Waals surface area contributed by atoms with Crippen LogP contribution in [0.2, 0.25) is 0 Å². The number of hydrogen-bond acceptors (Lipinski definition) is 5. The van der Waals surface area contributed by atoms with Crippen molar-refractivity contribution in [2.75, 3.05) is 13.1 Å². The van der Waals surface area contributed by atoms with Crippen LogP contribution in [0.5, 0.6) is 0 Å². The Morgan fingerprint density at radius 1 is 1.14 bits per heavy atom. The molecule has 0 aromatic carbocycles. The van der Waals surface area contributed by atoms with Crippen LogP contribution >= 0.6 is 0 Å². The van der Waals surface area contributed by atoms with Crippen molar-refractivity contribution in [3.8, 4) is 0 Å². The van der Waals surface area contributed by atoms with Gasteiger partial charge in [0.1, 0.15) is 0 Å². The van der Waals surface area contributed by atoms with Crippen molar-refractivity contribution >= 4 is 10.0 Å². The minimum atomic E-state index is -3.96. The van der Waals surface area contributed by atoms with Gasteiger partial charge in [-0.2, -0.15) is 4.31 Å². The first kappa shape index (κ1) is 15.9. The van der Waals surface area contributed by atoms with E-state index in [0.29, 0.717) is 0 Å². The molecule has 0 amide bonds. The molecule has 21 heavy (non-hydrogen) atoms. The van der Waals surface area contributed by atoms with Crippen LogP contribution in [0.4, 0.5) is 0 Å². The second-order valence-electron chi connectivity index (χ2n) is 5.33. The van der Waals surface area contributed by atoms with E-state index in [9.17, 15) is 18.0 Å². The van der Waals surface area contributed by atoms with Gasteiger partial charge in [-0.1, -0.05) is 0 Å². The van der Waals surface area contributed by atoms with Gasteiger partial charge in [0.25, 0.3) is 5.56 Å². The summed E-state index contributed by atoms with van der Waals surface area (Å²) in [4.78, 5) is 23.4. The maximum atomic E-state index is 12.7. The topological polar surface area (TPSA) is 90.6 Å². The molecule has 0 saturated carbocycles. The monoisotopic (exact) mass is 317 g/mol. The molecule has 2 atom stereocenters. The molecule has 0 aliphatic carbocycles. The van der Waals surface area contributed by atoms with Crippen LogP contribution in [0.25, 0.3) is 0 Å². The predicted octanol–water partition coefficient (Wildman–Crippen LogP) is -1.12. The molecule has 2 rings (SSSR count). The molecule has 0 N–H and O–H groups in total. The van der Waals surface area contributed by atoms with Gasteiger partial charge < -0.3 is 9.30 Å². The lowest BCUT2D eigenvalue weighted by Gasteiger charge is -2.34. The molecule has 1 aromatic heterocycles. The van der Waals surface area contributed by atoms with E-state index < -0.39 is 26.2 Å². The summed E-state index contributed by atoms with van der Waals surface area (Å²) in [7, 11) is -1.29. The Morgan fingerprint density at radius 3 is 2.19 bits per heavy atom. The largest absolute Gasteiger partial charge is 0.373 e. The second-order valence-corrected chi connectivity index (χ2v) is 7.24. The van der Waals surface area contributed by atoms with Gasteiger partial charge in [0.15, 0.2) is 4.90 Å². The first-order valence-electron chi connectivity index (χ1n) is 6.57. The number of sulfonamides is 1. The van der Waals surface area contributed by atoms with Crippen LogP contribution in [0.15, 0.2) is 20.7 Å². The molecule has 0 bridgehead atoms. The lowest BCUT2D eigenvalue weighted by atomic mass is 10.3. The Labute approximate surface area is 122 Å². The van der Waals surface area contributed by atoms with E-state index in [1.807, 2.05) is 0 Å². The Hall–Kier alpha value is -1.45. The van der Waals surface area contributed by atoms with E-state index in [0.717, 1.165) is 15.3 Å². The van der Waals surface area contributed by atoms with Crippen LogP contribution in [-0.2, 0) is 28.9 Å². The van der Waals surface area contributed by atoms with E-state index in [2.05, 4.69) is 0 Å². The first-order chi connectivity index (χ1) is 9.64. The number of ether oxygens (including phenoxy) is 1. The van der Waals surface area contributed by atoms with Crippen molar-refractivity contribution < 1.29 is 13.2 Å². The van der Waals surface area contributed by atoms with Gasteiger partial charge >= 0.3 is 5.69 Å². The van der Waals surface area contributed by atoms with E-state index in [1.165, 1.54) is 18.4 Å². The highest BCUT2D eigenvalue weighted by Gasteiger charge is 2.34. The second kappa shape index (κ2) is 5.39. The highest BCUT2D eigenvalue weighted by Crippen LogP contribution is 2.18. The van der Waals surface area contributed by atoms with E-state index >= 15 is 0 Å². The van der Waals surface area contributed by atoms with Gasteiger partial charge in [-0.05, 0) is 13.8 Å². The number of aromatic nitrogens is 2. The van der Waals surface area contributed by atoms with Crippen molar-refractivity contribution in [1.82, 2.24) is 13.4 Å². The molecular weight excluding hydrogens is 298 g/mol. The Balaban J connectivity index is 2.55. The Bertz CT molecular complexity index is 754. The van der Waals surface area contributed by atoms with E-state index in [-0.39, 0.29) is 25.3 Å². The minimum absolute atomic E-state index is 0.179. The highest BCUT2D eigenvalue weighted by atomic mass is 32.2. The van der Waals surface area contributed by atoms with Crippen LogP contribution < -0.4 is 11.2 Å². The van der Waals surface area contributed by atoms with Gasteiger partial charge in [0, 0.05) is 33.4 Å². The number of morpholine rings is 1. The molecule has 1 aliphatic rings. The Morgan fingerprint density at radius 2 is 1.67 bits per heavy atom. The molecule has 1 saturated heterocycles. The summed E-state index contributed by atoms with van der Waals surface area (Å²) >= 11 is 0. The average Bonchev–Trinajstić information content (AvgIpc) is 2.39. The third-order valence-corrected chi connectivity index (χ3v) is 5.23. The van der Waals surface area contributed by atoms with Gasteiger partial charge in [0.05, 0.1) is 12.2 Å². The number of nitrogens with zero attached hydrogens (tertiary/aromatic N) is 3. The molecule has 8 nitrogen and oxygen atoms in total. The minimum Gasteiger partial charge on any atom is -0.373 e. The number of hydrogen-bond donors (Lipinski definition) is 0. The van der Waals surface area contributed by atoms with Crippen molar-refractivity contribution in [2.24, 2.45) is 14.1 Å². The summed E-state index contributed by atoms with van der Waals surface area (Å²) in [6.07, 6.45) is 0.574. The lowest BCUT2D eigenvalue weighted by molar-refractivity contribution is -0.0441. The normalized spacial score (nSPS) is 24.2. The quantitative estimate of drug-likeness (QED) is 0.689. The molecule has 118 valence electrons. The van der Waals surface area contributed by atoms with Crippen LogP contribution in [0.1, 0.15) is 13.8 Å². The fraction of sp³-hybridized carbons (Fsp3) is 0.667. The molecule has 0 unspecified atom stereocenters. The summed E-state index contributed by atoms with van der Waals surface area (Å²) in [5.41, 5.74) is -1.38. The summed E-state index contributed by atoms with van der Waals surface area (Å²) in [6.45, 7) is 3.91. The number of rotatable bonds is 2. The fourth-order valence-electron chi connectivity index (χ4n) is 2.42. The third kappa shape index (κ3) is 2.81. The van der Waals surface area contributed by atoms with Crippen molar-refractivity contribution in [3.63, 3.8) is 0 Å². The summed E-state index contributed by atoms with van der Waals surface area (Å²) < 4.78 is 33.9. The zero-order valence-corrected chi connectivity index (χ0v) is 13.3. The molecule has 9 heteroatoms. The first-order valence-corrected chi connectivity index (χ1v) is 8.01. The van der Waals surface area contributed by atoms with Gasteiger partial charge in [0.2, 0.25) is 10.0 Å². The number of aryl methyl sites for hydroxylation is 1. The van der Waals surface area contributed by atoms with E-state index in [1.54, 1.807) is 13.8 Å². The van der Waals surface area contributed by atoms with Crippen molar-refractivity contribution in [2.45, 2.75) is 31.0 Å². The maximum Gasteiger partial charge on any atom is 0.330 e. The molecule has 0 radical (unpaired) electrons. The van der Waals surface area contributed by atoms with E-state index in [4.69, 9.17) is 4.74 Å². The molecular formula is C12H19N3O5S. The average molecular weight is 317 g/mol. The standard InChI is InChI=1S/C12H19N3O5S/c1-8-5-15(6-9(2)20-8)21(18,19)10-7-13(3)12(17)14(4)11(10)16/h7-9H,5-6H2,1-4H3/t8-,9-/m0/s1. The summed E-state index contributed by atoms with van der Waals surface area (Å²) in [6, 6.07) is 0. The molecule has 1 fully saturated rings. The third-order valence-electron chi connectivity index (χ3n) is 3.42. The zero-order valence-electron chi connectivity index (χ0n) is 12.4. The highest BCUT2D eigenvalue weighted by molar-refractivity contribution is 7.89. The smallest absolute Gasteiger partial charge is 0.330 e. The lowest BCUT2D eigenvalue weighted by Crippen LogP contribution is -2.50. The summed E-state index contributed by atoms with van der Waals surface area (Å²) in [5, 5.41) is 0. The SMILES string of the molecule is C[C@H]1CN(S(=O)(=O)c2cn(C)c(=O)n(C)c2=O)C[C@H](C)O1. The van der Waals surface area contributed by atoms with Crippen LogP contribution in [-0.4, -0.2) is 47.2 Å². The predicted molar refractivity (Wildman–Crippen MR) is 75.7 cm³/mol. The molecule has 1 aliphatic heterocycles. The van der Waals surface area contributed by atoms with Crippen molar-refractivity contribution in [3.05, 3.63) is 27.0 Å². The van der Waals surface area contributed by atoms with Crippen LogP contribution in [0.3, 0.4) is 0 Å². The fourth-order valence-corrected chi connectivity index (χ4v) is 4.16. The summed E-state index contributed by atoms with van der Waals surface area (Å²) in [5.74, 6) is 0. The van der Waals surface area contributed by atoms with Gasteiger partial charge in [-0.25, -0.2) is 13.2 Å². The van der Waals surface area contributed by atoms with Crippen molar-refractivity contribution in [1.29, 1.82) is 0 Å².